The molecule has 1 atom stereocenters. The number of carbonyl (C=O) groups excluding carboxylic acids is 2. The summed E-state index contributed by atoms with van der Waals surface area (Å²) in [6.45, 7) is 8.73. The van der Waals surface area contributed by atoms with E-state index >= 15 is 0 Å². The van der Waals surface area contributed by atoms with Crippen molar-refractivity contribution in [3.63, 3.8) is 0 Å². The number of ether oxygens (including phenoxy) is 3. The molecular formula is C18H26O5. The molecule has 0 heterocycles. The SMILES string of the molecule is CCOC(=O)CC(C(=O)OCC)c1cccc(OCC(C)C)c1. The maximum Gasteiger partial charge on any atom is 0.314 e. The first kappa shape index (κ1) is 19.0. The van der Waals surface area contributed by atoms with E-state index in [1.807, 2.05) is 12.1 Å². The molecule has 0 amide bonds. The molecule has 1 aromatic carbocycles. The standard InChI is InChI=1S/C18H26O5/c1-5-21-17(19)11-16(18(20)22-6-2)14-8-7-9-15(10-14)23-12-13(3)4/h7-10,13,16H,5-6,11-12H2,1-4H3. The fraction of sp³-hybridized carbons (Fsp3) is 0.556. The van der Waals surface area contributed by atoms with Crippen molar-refractivity contribution in [2.75, 3.05) is 19.8 Å². The third-order valence-corrected chi connectivity index (χ3v) is 3.09. The van der Waals surface area contributed by atoms with Gasteiger partial charge in [0.05, 0.1) is 32.2 Å². The van der Waals surface area contributed by atoms with Gasteiger partial charge in [0.1, 0.15) is 5.75 Å². The molecule has 23 heavy (non-hydrogen) atoms. The van der Waals surface area contributed by atoms with E-state index < -0.39 is 17.9 Å². The van der Waals surface area contributed by atoms with Crippen LogP contribution in [0.15, 0.2) is 24.3 Å². The lowest BCUT2D eigenvalue weighted by atomic mass is 9.95. The Labute approximate surface area is 137 Å². The summed E-state index contributed by atoms with van der Waals surface area (Å²) in [7, 11) is 0. The van der Waals surface area contributed by atoms with Gasteiger partial charge in [-0.2, -0.15) is 0 Å². The maximum atomic E-state index is 12.2. The normalized spacial score (nSPS) is 11.9. The highest BCUT2D eigenvalue weighted by Crippen LogP contribution is 2.26. The number of esters is 2. The van der Waals surface area contributed by atoms with Crippen molar-refractivity contribution in [1.29, 1.82) is 0 Å². The van der Waals surface area contributed by atoms with Gasteiger partial charge in [0, 0.05) is 0 Å². The highest BCUT2D eigenvalue weighted by Gasteiger charge is 2.26. The predicted molar refractivity (Wildman–Crippen MR) is 87.4 cm³/mol. The van der Waals surface area contributed by atoms with E-state index in [9.17, 15) is 9.59 Å². The molecule has 0 aromatic heterocycles. The van der Waals surface area contributed by atoms with Crippen molar-refractivity contribution in [2.45, 2.75) is 40.0 Å². The number of hydrogen-bond acceptors (Lipinski definition) is 5. The summed E-state index contributed by atoms with van der Waals surface area (Å²) in [5.41, 5.74) is 0.692. The van der Waals surface area contributed by atoms with Gasteiger partial charge in [-0.15, -0.1) is 0 Å². The Bertz CT molecular complexity index is 510. The highest BCUT2D eigenvalue weighted by molar-refractivity contribution is 5.84. The summed E-state index contributed by atoms with van der Waals surface area (Å²) in [5.74, 6) is -0.453. The summed E-state index contributed by atoms with van der Waals surface area (Å²) in [6, 6.07) is 7.22. The average molecular weight is 322 g/mol. The Morgan fingerprint density at radius 2 is 1.78 bits per heavy atom. The molecule has 0 saturated carbocycles. The molecule has 1 unspecified atom stereocenters. The quantitative estimate of drug-likeness (QED) is 0.653. The van der Waals surface area contributed by atoms with Crippen molar-refractivity contribution in [1.82, 2.24) is 0 Å². The van der Waals surface area contributed by atoms with Crippen LogP contribution >= 0.6 is 0 Å². The second-order valence-electron chi connectivity index (χ2n) is 5.59. The minimum atomic E-state index is -0.684. The lowest BCUT2D eigenvalue weighted by molar-refractivity contribution is -0.151. The van der Waals surface area contributed by atoms with Crippen LogP contribution in [0.4, 0.5) is 0 Å². The van der Waals surface area contributed by atoms with E-state index in [1.165, 1.54) is 0 Å². The first-order chi connectivity index (χ1) is 11.0. The van der Waals surface area contributed by atoms with Crippen molar-refractivity contribution in [3.8, 4) is 5.75 Å². The third-order valence-electron chi connectivity index (χ3n) is 3.09. The highest BCUT2D eigenvalue weighted by atomic mass is 16.5. The molecule has 1 rings (SSSR count). The zero-order valence-corrected chi connectivity index (χ0v) is 14.3. The molecule has 0 spiro atoms. The molecule has 5 heteroatoms. The van der Waals surface area contributed by atoms with Gasteiger partial charge < -0.3 is 14.2 Å². The predicted octanol–water partition coefficient (Wildman–Crippen LogP) is 3.32. The monoisotopic (exact) mass is 322 g/mol. The van der Waals surface area contributed by atoms with E-state index in [-0.39, 0.29) is 19.6 Å². The molecule has 0 bridgehead atoms. The van der Waals surface area contributed by atoms with Crippen LogP contribution in [0.25, 0.3) is 0 Å². The van der Waals surface area contributed by atoms with E-state index in [2.05, 4.69) is 13.8 Å². The Morgan fingerprint density at radius 1 is 1.09 bits per heavy atom. The average Bonchev–Trinajstić information content (AvgIpc) is 2.51. The first-order valence-electron chi connectivity index (χ1n) is 8.02. The molecule has 128 valence electrons. The van der Waals surface area contributed by atoms with Gasteiger partial charge in [-0.3, -0.25) is 9.59 Å². The van der Waals surface area contributed by atoms with Gasteiger partial charge in [0.2, 0.25) is 0 Å². The number of hydrogen-bond donors (Lipinski definition) is 0. The molecule has 5 nitrogen and oxygen atoms in total. The van der Waals surface area contributed by atoms with Crippen LogP contribution in [0.1, 0.15) is 45.6 Å². The number of rotatable bonds is 9. The van der Waals surface area contributed by atoms with E-state index in [0.717, 1.165) is 0 Å². The summed E-state index contributed by atoms with van der Waals surface area (Å²) in [5, 5.41) is 0. The van der Waals surface area contributed by atoms with Gasteiger partial charge >= 0.3 is 11.9 Å². The van der Waals surface area contributed by atoms with E-state index in [4.69, 9.17) is 14.2 Å². The van der Waals surface area contributed by atoms with Crippen molar-refractivity contribution in [3.05, 3.63) is 29.8 Å². The lowest BCUT2D eigenvalue weighted by Gasteiger charge is -2.16. The van der Waals surface area contributed by atoms with Crippen LogP contribution in [0, 0.1) is 5.92 Å². The lowest BCUT2D eigenvalue weighted by Crippen LogP contribution is -2.20. The van der Waals surface area contributed by atoms with Gasteiger partial charge in [-0.05, 0) is 37.5 Å². The van der Waals surface area contributed by atoms with Gasteiger partial charge in [-0.1, -0.05) is 26.0 Å². The van der Waals surface area contributed by atoms with E-state index in [0.29, 0.717) is 23.8 Å². The second kappa shape index (κ2) is 9.87. The Hall–Kier alpha value is -2.04. The molecular weight excluding hydrogens is 296 g/mol. The van der Waals surface area contributed by atoms with Crippen molar-refractivity contribution >= 4 is 11.9 Å². The summed E-state index contributed by atoms with van der Waals surface area (Å²) < 4.78 is 15.7. The fourth-order valence-corrected chi connectivity index (χ4v) is 2.05. The molecule has 0 aliphatic heterocycles. The molecule has 0 aliphatic rings. The van der Waals surface area contributed by atoms with Crippen LogP contribution < -0.4 is 4.74 Å². The Kier molecular flexibility index (Phi) is 8.16. The third kappa shape index (κ3) is 6.72. The largest absolute Gasteiger partial charge is 0.493 e. The number of benzene rings is 1. The molecule has 0 aliphatic carbocycles. The molecule has 1 aromatic rings. The van der Waals surface area contributed by atoms with Gasteiger partial charge in [-0.25, -0.2) is 0 Å². The summed E-state index contributed by atoms with van der Waals surface area (Å²) in [4.78, 5) is 24.0. The van der Waals surface area contributed by atoms with Crippen LogP contribution in [-0.4, -0.2) is 31.8 Å². The molecule has 0 radical (unpaired) electrons. The van der Waals surface area contributed by atoms with Crippen molar-refractivity contribution < 1.29 is 23.8 Å². The van der Waals surface area contributed by atoms with Crippen LogP contribution in [-0.2, 0) is 19.1 Å². The maximum absolute atomic E-state index is 12.2. The zero-order chi connectivity index (χ0) is 17.2. The zero-order valence-electron chi connectivity index (χ0n) is 14.3. The number of carbonyl (C=O) groups is 2. The second-order valence-corrected chi connectivity index (χ2v) is 5.59. The minimum absolute atomic E-state index is 0.0414. The van der Waals surface area contributed by atoms with Crippen LogP contribution in [0.5, 0.6) is 5.75 Å². The van der Waals surface area contributed by atoms with Crippen LogP contribution in [0.2, 0.25) is 0 Å². The Morgan fingerprint density at radius 3 is 2.39 bits per heavy atom. The summed E-state index contributed by atoms with van der Waals surface area (Å²) >= 11 is 0. The molecule has 0 fully saturated rings. The first-order valence-corrected chi connectivity index (χ1v) is 8.02. The Balaban J connectivity index is 2.93. The van der Waals surface area contributed by atoms with Gasteiger partial charge in [0.15, 0.2) is 0 Å². The van der Waals surface area contributed by atoms with E-state index in [1.54, 1.807) is 26.0 Å². The van der Waals surface area contributed by atoms with Crippen LogP contribution in [0.3, 0.4) is 0 Å². The molecule has 0 N–H and O–H groups in total. The van der Waals surface area contributed by atoms with Crippen molar-refractivity contribution in [2.24, 2.45) is 5.92 Å². The topological polar surface area (TPSA) is 61.8 Å². The molecule has 0 saturated heterocycles. The van der Waals surface area contributed by atoms with Gasteiger partial charge in [0.25, 0.3) is 0 Å². The fourth-order valence-electron chi connectivity index (χ4n) is 2.05. The minimum Gasteiger partial charge on any atom is -0.493 e. The smallest absolute Gasteiger partial charge is 0.314 e. The summed E-state index contributed by atoms with van der Waals surface area (Å²) in [6.07, 6.45) is -0.0414.